The zero-order valence-corrected chi connectivity index (χ0v) is 15.2. The van der Waals surface area contributed by atoms with Crippen LogP contribution in [0, 0.1) is 22.7 Å². The number of nitrogens with zero attached hydrogens (tertiary/aromatic N) is 1. The first-order chi connectivity index (χ1) is 11.6. The molecule has 134 valence electrons. The molecular weight excluding hydrogens is 320 g/mol. The monoisotopic (exact) mass is 344 g/mol. The van der Waals surface area contributed by atoms with Crippen LogP contribution in [0.1, 0.15) is 67.9 Å². The number of rotatable bonds is 7. The lowest BCUT2D eigenvalue weighted by molar-refractivity contribution is -0.122. The molecule has 0 amide bonds. The van der Waals surface area contributed by atoms with Gasteiger partial charge < -0.3 is 15.3 Å². The Hall–Kier alpha value is -2.68. The summed E-state index contributed by atoms with van der Waals surface area (Å²) in [6.07, 6.45) is 0. The Kier molecular flexibility index (Phi) is 6.86. The number of phenolic OH excluding ortho intramolecular Hbond substituents is 1. The van der Waals surface area contributed by atoms with Crippen molar-refractivity contribution in [3.63, 3.8) is 0 Å². The summed E-state index contributed by atoms with van der Waals surface area (Å²) >= 11 is 0. The van der Waals surface area contributed by atoms with Gasteiger partial charge in [0.1, 0.15) is 17.2 Å². The largest absolute Gasteiger partial charge is 0.507 e. The van der Waals surface area contributed by atoms with E-state index in [0.717, 1.165) is 5.56 Å². The van der Waals surface area contributed by atoms with Crippen LogP contribution < -0.4 is 0 Å². The minimum atomic E-state index is -1.23. The Morgan fingerprint density at radius 2 is 1.84 bits per heavy atom. The highest BCUT2D eigenvalue weighted by Gasteiger charge is 2.24. The Morgan fingerprint density at radius 3 is 2.28 bits per heavy atom. The molecule has 0 aliphatic carbocycles. The van der Waals surface area contributed by atoms with Gasteiger partial charge in [-0.25, -0.2) is 4.79 Å². The zero-order chi connectivity index (χ0) is 19.3. The van der Waals surface area contributed by atoms with Gasteiger partial charge in [-0.15, -0.1) is 0 Å². The van der Waals surface area contributed by atoms with E-state index in [4.69, 9.17) is 15.4 Å². The summed E-state index contributed by atoms with van der Waals surface area (Å²) in [5.74, 6) is -2.71. The van der Waals surface area contributed by atoms with Gasteiger partial charge in [-0.05, 0) is 36.0 Å². The SMILES string of the molecule is CC(=N)[C@H](C#N)C(=O)COC(=O)c1cc(C(C)C)cc(C(C)C)c1O. The van der Waals surface area contributed by atoms with E-state index < -0.39 is 24.3 Å². The molecule has 0 heterocycles. The topological polar surface area (TPSA) is 111 Å². The molecule has 0 aliphatic rings. The molecule has 1 rings (SSSR count). The second-order valence-electron chi connectivity index (χ2n) is 6.60. The molecule has 0 saturated carbocycles. The maximum absolute atomic E-state index is 12.3. The van der Waals surface area contributed by atoms with Crippen LogP contribution in [0.4, 0.5) is 0 Å². The molecule has 2 N–H and O–H groups in total. The van der Waals surface area contributed by atoms with E-state index in [-0.39, 0.29) is 28.9 Å². The molecule has 6 heteroatoms. The average molecular weight is 344 g/mol. The molecule has 0 aromatic heterocycles. The van der Waals surface area contributed by atoms with Gasteiger partial charge in [0.25, 0.3) is 0 Å². The summed E-state index contributed by atoms with van der Waals surface area (Å²) in [5, 5.41) is 26.7. The standard InChI is InChI=1S/C19H24N2O4/c1-10(2)13-6-14(11(3)4)18(23)15(7-13)19(24)25-9-17(22)16(8-20)12(5)21/h6-7,10-11,16,21,23H,9H2,1-5H3/t16-/m0/s1. The molecule has 0 radical (unpaired) electrons. The van der Waals surface area contributed by atoms with E-state index >= 15 is 0 Å². The van der Waals surface area contributed by atoms with Crippen molar-refractivity contribution in [3.8, 4) is 11.8 Å². The number of carbonyl (C=O) groups is 2. The molecule has 0 unspecified atom stereocenters. The maximum atomic E-state index is 12.3. The summed E-state index contributed by atoms with van der Waals surface area (Å²) in [6, 6.07) is 5.13. The quantitative estimate of drug-likeness (QED) is 0.580. The van der Waals surface area contributed by atoms with E-state index in [0.29, 0.717) is 5.56 Å². The van der Waals surface area contributed by atoms with Crippen molar-refractivity contribution in [1.29, 1.82) is 10.7 Å². The number of aromatic hydroxyl groups is 1. The van der Waals surface area contributed by atoms with Crippen molar-refractivity contribution in [2.75, 3.05) is 6.61 Å². The highest BCUT2D eigenvalue weighted by molar-refractivity contribution is 6.06. The van der Waals surface area contributed by atoms with Crippen molar-refractivity contribution < 1.29 is 19.4 Å². The lowest BCUT2D eigenvalue weighted by Crippen LogP contribution is -2.25. The number of ketones is 1. The van der Waals surface area contributed by atoms with Crippen LogP contribution in [0.2, 0.25) is 0 Å². The van der Waals surface area contributed by atoms with Crippen molar-refractivity contribution in [2.24, 2.45) is 5.92 Å². The van der Waals surface area contributed by atoms with E-state index in [1.807, 2.05) is 33.8 Å². The molecule has 0 saturated heterocycles. The highest BCUT2D eigenvalue weighted by Crippen LogP contribution is 2.33. The third-order valence-electron chi connectivity index (χ3n) is 3.90. The third kappa shape index (κ3) is 4.90. The summed E-state index contributed by atoms with van der Waals surface area (Å²) < 4.78 is 4.98. The summed E-state index contributed by atoms with van der Waals surface area (Å²) in [4.78, 5) is 24.2. The highest BCUT2D eigenvalue weighted by atomic mass is 16.5. The van der Waals surface area contributed by atoms with Crippen LogP contribution in [-0.2, 0) is 9.53 Å². The lowest BCUT2D eigenvalue weighted by atomic mass is 9.92. The Morgan fingerprint density at radius 1 is 1.24 bits per heavy atom. The van der Waals surface area contributed by atoms with Gasteiger partial charge in [-0.1, -0.05) is 33.8 Å². The summed E-state index contributed by atoms with van der Waals surface area (Å²) in [7, 11) is 0. The van der Waals surface area contributed by atoms with Crippen LogP contribution in [0.15, 0.2) is 12.1 Å². The molecule has 25 heavy (non-hydrogen) atoms. The van der Waals surface area contributed by atoms with Crippen molar-refractivity contribution in [2.45, 2.75) is 46.5 Å². The Balaban J connectivity index is 3.08. The number of benzene rings is 1. The number of nitrogens with one attached hydrogen (secondary N) is 1. The van der Waals surface area contributed by atoms with Gasteiger partial charge in [0.05, 0.1) is 6.07 Å². The molecule has 1 atom stereocenters. The second kappa shape index (κ2) is 8.43. The molecule has 0 spiro atoms. The first-order valence-electron chi connectivity index (χ1n) is 8.11. The van der Waals surface area contributed by atoms with Gasteiger partial charge in [-0.2, -0.15) is 5.26 Å². The van der Waals surface area contributed by atoms with Gasteiger partial charge in [0.2, 0.25) is 0 Å². The van der Waals surface area contributed by atoms with Crippen molar-refractivity contribution in [3.05, 3.63) is 28.8 Å². The number of ether oxygens (including phenoxy) is 1. The fourth-order valence-corrected chi connectivity index (χ4v) is 2.32. The fraction of sp³-hybridized carbons (Fsp3) is 0.474. The van der Waals surface area contributed by atoms with Crippen LogP contribution >= 0.6 is 0 Å². The first kappa shape index (κ1) is 20.4. The predicted molar refractivity (Wildman–Crippen MR) is 94.1 cm³/mol. The smallest absolute Gasteiger partial charge is 0.342 e. The zero-order valence-electron chi connectivity index (χ0n) is 15.2. The summed E-state index contributed by atoms with van der Waals surface area (Å²) in [5.41, 5.74) is 1.41. The van der Waals surface area contributed by atoms with E-state index in [1.54, 1.807) is 12.1 Å². The van der Waals surface area contributed by atoms with Gasteiger partial charge in [0.15, 0.2) is 12.4 Å². The minimum Gasteiger partial charge on any atom is -0.507 e. The van der Waals surface area contributed by atoms with Gasteiger partial charge in [-0.3, -0.25) is 4.79 Å². The van der Waals surface area contributed by atoms with Crippen molar-refractivity contribution >= 4 is 17.5 Å². The van der Waals surface area contributed by atoms with Gasteiger partial charge in [0, 0.05) is 5.71 Å². The number of carbonyl (C=O) groups excluding carboxylic acids is 2. The molecular formula is C19H24N2O4. The van der Waals surface area contributed by atoms with E-state index in [9.17, 15) is 14.7 Å². The third-order valence-corrected chi connectivity index (χ3v) is 3.90. The number of Topliss-reactive ketones (excluding diaryl/α,β-unsaturated/α-hetero) is 1. The Labute approximate surface area is 147 Å². The molecule has 1 aromatic carbocycles. The number of esters is 1. The molecule has 6 nitrogen and oxygen atoms in total. The van der Waals surface area contributed by atoms with Crippen LogP contribution in [0.25, 0.3) is 0 Å². The Bertz CT molecular complexity index is 730. The van der Waals surface area contributed by atoms with E-state index in [1.165, 1.54) is 6.92 Å². The number of hydrogen-bond acceptors (Lipinski definition) is 6. The molecule has 0 aliphatic heterocycles. The summed E-state index contributed by atoms with van der Waals surface area (Å²) in [6.45, 7) is 8.49. The van der Waals surface area contributed by atoms with Gasteiger partial charge >= 0.3 is 5.97 Å². The predicted octanol–water partition coefficient (Wildman–Crippen LogP) is 3.54. The number of hydrogen-bond donors (Lipinski definition) is 2. The minimum absolute atomic E-state index is 0.00258. The molecule has 0 fully saturated rings. The second-order valence-corrected chi connectivity index (χ2v) is 6.60. The number of nitriles is 1. The molecule has 1 aromatic rings. The lowest BCUT2D eigenvalue weighted by Gasteiger charge is -2.16. The normalized spacial score (nSPS) is 11.9. The molecule has 0 bridgehead atoms. The van der Waals surface area contributed by atoms with E-state index in [2.05, 4.69) is 0 Å². The van der Waals surface area contributed by atoms with Crippen molar-refractivity contribution in [1.82, 2.24) is 0 Å². The maximum Gasteiger partial charge on any atom is 0.342 e. The first-order valence-corrected chi connectivity index (χ1v) is 8.11. The van der Waals surface area contributed by atoms with Crippen LogP contribution in [0.3, 0.4) is 0 Å². The van der Waals surface area contributed by atoms with Crippen LogP contribution in [0.5, 0.6) is 5.75 Å². The van der Waals surface area contributed by atoms with Crippen LogP contribution in [-0.4, -0.2) is 29.2 Å². The fourth-order valence-electron chi connectivity index (χ4n) is 2.32. The number of phenols is 1. The average Bonchev–Trinajstić information content (AvgIpc) is 2.52.